The number of rotatable bonds is 8. The Morgan fingerprint density at radius 3 is 2.40 bits per heavy atom. The summed E-state index contributed by atoms with van der Waals surface area (Å²) in [6, 6.07) is -0.209. The quantitative estimate of drug-likeness (QED) is 0.612. The number of hydrogen-bond donors (Lipinski definition) is 2. The molecule has 3 nitrogen and oxygen atoms in total. The van der Waals surface area contributed by atoms with Gasteiger partial charge in [-0.15, -0.1) is 0 Å². The van der Waals surface area contributed by atoms with Crippen molar-refractivity contribution in [3.05, 3.63) is 0 Å². The Hall–Kier alpha value is -0.570. The summed E-state index contributed by atoms with van der Waals surface area (Å²) in [5, 5.41) is 8.65. The van der Waals surface area contributed by atoms with Gasteiger partial charge in [0, 0.05) is 6.04 Å². The van der Waals surface area contributed by atoms with E-state index in [0.717, 1.165) is 6.42 Å². The smallest absolute Gasteiger partial charge is 0.304 e. The molecule has 0 aromatic heterocycles. The third-order valence-electron chi connectivity index (χ3n) is 3.25. The van der Waals surface area contributed by atoms with Crippen molar-refractivity contribution in [3.8, 4) is 0 Å². The predicted molar refractivity (Wildman–Crippen MR) is 62.7 cm³/mol. The lowest BCUT2D eigenvalue weighted by atomic mass is 9.84. The van der Waals surface area contributed by atoms with Crippen molar-refractivity contribution < 1.29 is 9.90 Å². The van der Waals surface area contributed by atoms with Crippen LogP contribution in [0.1, 0.15) is 52.9 Å². The average molecular weight is 215 g/mol. The van der Waals surface area contributed by atoms with Crippen LogP contribution in [-0.2, 0) is 4.79 Å². The molecule has 0 bridgehead atoms. The van der Waals surface area contributed by atoms with E-state index in [1.807, 2.05) is 0 Å². The maximum absolute atomic E-state index is 10.5. The number of carbonyl (C=O) groups is 1. The molecule has 0 aliphatic carbocycles. The Kier molecular flexibility index (Phi) is 7.39. The number of unbranched alkanes of at least 4 members (excludes halogenated alkanes) is 2. The topological polar surface area (TPSA) is 63.3 Å². The molecule has 3 heteroatoms. The van der Waals surface area contributed by atoms with E-state index in [4.69, 9.17) is 10.8 Å². The van der Waals surface area contributed by atoms with Crippen LogP contribution in [-0.4, -0.2) is 17.1 Å². The number of nitrogens with two attached hydrogens (primary N) is 1. The zero-order valence-electron chi connectivity index (χ0n) is 10.2. The summed E-state index contributed by atoms with van der Waals surface area (Å²) in [7, 11) is 0. The molecular formula is C12H25NO2. The summed E-state index contributed by atoms with van der Waals surface area (Å²) in [5.74, 6) is 0.0129. The van der Waals surface area contributed by atoms with Crippen molar-refractivity contribution in [2.45, 2.75) is 58.9 Å². The highest BCUT2D eigenvalue weighted by Crippen LogP contribution is 2.21. The number of aliphatic carboxylic acids is 1. The molecule has 0 aromatic rings. The van der Waals surface area contributed by atoms with Crippen LogP contribution in [0.4, 0.5) is 0 Å². The van der Waals surface area contributed by atoms with E-state index in [0.29, 0.717) is 5.92 Å². The zero-order chi connectivity index (χ0) is 11.8. The van der Waals surface area contributed by atoms with Gasteiger partial charge in [0.15, 0.2) is 0 Å². The van der Waals surface area contributed by atoms with Crippen LogP contribution in [0.25, 0.3) is 0 Å². The van der Waals surface area contributed by atoms with E-state index < -0.39 is 5.97 Å². The van der Waals surface area contributed by atoms with Crippen molar-refractivity contribution in [3.63, 3.8) is 0 Å². The molecule has 3 atom stereocenters. The first-order valence-electron chi connectivity index (χ1n) is 5.96. The monoisotopic (exact) mass is 215 g/mol. The summed E-state index contributed by atoms with van der Waals surface area (Å²) in [4.78, 5) is 10.5. The van der Waals surface area contributed by atoms with E-state index in [9.17, 15) is 4.79 Å². The first-order valence-corrected chi connectivity index (χ1v) is 5.96. The molecule has 0 spiro atoms. The first-order chi connectivity index (χ1) is 6.99. The molecule has 0 saturated heterocycles. The van der Waals surface area contributed by atoms with Crippen LogP contribution < -0.4 is 5.73 Å². The van der Waals surface area contributed by atoms with Gasteiger partial charge in [-0.25, -0.2) is 0 Å². The molecule has 0 aromatic carbocycles. The summed E-state index contributed by atoms with van der Waals surface area (Å²) < 4.78 is 0. The molecule has 0 radical (unpaired) electrons. The van der Waals surface area contributed by atoms with E-state index in [1.165, 1.54) is 19.3 Å². The highest BCUT2D eigenvalue weighted by molar-refractivity contribution is 5.67. The van der Waals surface area contributed by atoms with Crippen molar-refractivity contribution in [1.82, 2.24) is 0 Å². The second-order valence-corrected chi connectivity index (χ2v) is 4.59. The minimum atomic E-state index is -0.796. The van der Waals surface area contributed by atoms with Gasteiger partial charge < -0.3 is 10.8 Å². The molecule has 0 unspecified atom stereocenters. The van der Waals surface area contributed by atoms with Crippen LogP contribution in [0.2, 0.25) is 0 Å². The molecule has 3 N–H and O–H groups in total. The second kappa shape index (κ2) is 7.69. The largest absolute Gasteiger partial charge is 0.481 e. The molecule has 15 heavy (non-hydrogen) atoms. The SMILES string of the molecule is CCCCC[C@@H](C)[C@@H](C)[C@@H](N)CC(=O)O. The van der Waals surface area contributed by atoms with Gasteiger partial charge >= 0.3 is 5.97 Å². The summed E-state index contributed by atoms with van der Waals surface area (Å²) in [6.45, 7) is 6.41. The third-order valence-corrected chi connectivity index (χ3v) is 3.25. The fourth-order valence-corrected chi connectivity index (χ4v) is 1.79. The van der Waals surface area contributed by atoms with Crippen LogP contribution in [0.5, 0.6) is 0 Å². The Labute approximate surface area is 93.0 Å². The Balaban J connectivity index is 3.84. The fourth-order valence-electron chi connectivity index (χ4n) is 1.79. The molecule has 0 fully saturated rings. The van der Waals surface area contributed by atoms with Gasteiger partial charge in [0.1, 0.15) is 0 Å². The molecule has 0 saturated carbocycles. The van der Waals surface area contributed by atoms with Crippen molar-refractivity contribution in [1.29, 1.82) is 0 Å². The maximum Gasteiger partial charge on any atom is 0.304 e. The molecule has 0 amide bonds. The number of carboxylic acids is 1. The van der Waals surface area contributed by atoms with E-state index in [-0.39, 0.29) is 18.4 Å². The summed E-state index contributed by atoms with van der Waals surface area (Å²) in [5.41, 5.74) is 5.84. The van der Waals surface area contributed by atoms with Gasteiger partial charge in [-0.1, -0.05) is 46.5 Å². The third kappa shape index (κ3) is 6.50. The molecule has 0 rings (SSSR count). The molecule has 90 valence electrons. The molecule has 0 aliphatic heterocycles. The zero-order valence-corrected chi connectivity index (χ0v) is 10.2. The van der Waals surface area contributed by atoms with Gasteiger partial charge in [-0.05, 0) is 11.8 Å². The van der Waals surface area contributed by atoms with E-state index >= 15 is 0 Å². The molecular weight excluding hydrogens is 190 g/mol. The van der Waals surface area contributed by atoms with Crippen molar-refractivity contribution in [2.24, 2.45) is 17.6 Å². The highest BCUT2D eigenvalue weighted by Gasteiger charge is 2.21. The molecule has 0 aliphatic rings. The number of hydrogen-bond acceptors (Lipinski definition) is 2. The van der Waals surface area contributed by atoms with E-state index in [1.54, 1.807) is 0 Å². The summed E-state index contributed by atoms with van der Waals surface area (Å²) in [6.07, 6.45) is 4.94. The lowest BCUT2D eigenvalue weighted by Gasteiger charge is -2.24. The molecule has 0 heterocycles. The minimum Gasteiger partial charge on any atom is -0.481 e. The second-order valence-electron chi connectivity index (χ2n) is 4.59. The summed E-state index contributed by atoms with van der Waals surface area (Å²) >= 11 is 0. The lowest BCUT2D eigenvalue weighted by molar-refractivity contribution is -0.137. The van der Waals surface area contributed by atoms with Gasteiger partial charge in [0.2, 0.25) is 0 Å². The van der Waals surface area contributed by atoms with Gasteiger partial charge in [0.25, 0.3) is 0 Å². The number of carboxylic acid groups (broad SMARTS) is 1. The Morgan fingerprint density at radius 1 is 1.33 bits per heavy atom. The maximum atomic E-state index is 10.5. The van der Waals surface area contributed by atoms with Gasteiger partial charge in [-0.2, -0.15) is 0 Å². The predicted octanol–water partition coefficient (Wildman–Crippen LogP) is 2.64. The first kappa shape index (κ1) is 14.4. The van der Waals surface area contributed by atoms with Crippen LogP contribution in [0, 0.1) is 11.8 Å². The van der Waals surface area contributed by atoms with Crippen molar-refractivity contribution in [2.75, 3.05) is 0 Å². The lowest BCUT2D eigenvalue weighted by Crippen LogP contribution is -2.34. The van der Waals surface area contributed by atoms with Crippen LogP contribution in [0.15, 0.2) is 0 Å². The standard InChI is InChI=1S/C12H25NO2/c1-4-5-6-7-9(2)10(3)11(13)8-12(14)15/h9-11H,4-8,13H2,1-3H3,(H,14,15)/t9-,10-,11+/m1/s1. The Morgan fingerprint density at radius 2 is 1.93 bits per heavy atom. The van der Waals surface area contributed by atoms with E-state index in [2.05, 4.69) is 20.8 Å². The minimum absolute atomic E-state index is 0.0826. The van der Waals surface area contributed by atoms with Crippen LogP contribution >= 0.6 is 0 Å². The fraction of sp³-hybridized carbons (Fsp3) is 0.917. The van der Waals surface area contributed by atoms with Gasteiger partial charge in [0.05, 0.1) is 6.42 Å². The highest BCUT2D eigenvalue weighted by atomic mass is 16.4. The normalized spacial score (nSPS) is 17.1. The van der Waals surface area contributed by atoms with Crippen molar-refractivity contribution >= 4 is 5.97 Å². The average Bonchev–Trinajstić information content (AvgIpc) is 2.15. The van der Waals surface area contributed by atoms with Gasteiger partial charge in [-0.3, -0.25) is 4.79 Å². The Bertz CT molecular complexity index is 182. The van der Waals surface area contributed by atoms with Crippen LogP contribution in [0.3, 0.4) is 0 Å².